The van der Waals surface area contributed by atoms with E-state index in [0.29, 0.717) is 24.3 Å². The number of hydrogen-bond acceptors (Lipinski definition) is 4. The number of nitrogens with one attached hydrogen (secondary N) is 1. The standard InChI is InChI=1S/C17H23NO4/c1-5-10-22-14-8-6-13(7-9-14)16(19)18-15(11-12(2)3)17(20)21-4/h5-9,12,15H,1,10-11H2,2-4H3,(H,18,19). The molecule has 0 bridgehead atoms. The highest BCUT2D eigenvalue weighted by Crippen LogP contribution is 2.13. The van der Waals surface area contributed by atoms with Crippen molar-refractivity contribution in [2.24, 2.45) is 5.92 Å². The summed E-state index contributed by atoms with van der Waals surface area (Å²) in [4.78, 5) is 23.9. The Balaban J connectivity index is 2.72. The quantitative estimate of drug-likeness (QED) is 0.592. The minimum Gasteiger partial charge on any atom is -0.490 e. The predicted octanol–water partition coefficient (Wildman–Crippen LogP) is 2.57. The van der Waals surface area contributed by atoms with Crippen LogP contribution in [0.25, 0.3) is 0 Å². The zero-order valence-corrected chi connectivity index (χ0v) is 13.3. The first kappa shape index (κ1) is 17.8. The summed E-state index contributed by atoms with van der Waals surface area (Å²) < 4.78 is 10.1. The summed E-state index contributed by atoms with van der Waals surface area (Å²) in [5, 5.41) is 2.71. The lowest BCUT2D eigenvalue weighted by Gasteiger charge is -2.18. The number of amides is 1. The minimum atomic E-state index is -0.644. The van der Waals surface area contributed by atoms with E-state index in [1.165, 1.54) is 7.11 Å². The average molecular weight is 305 g/mol. The van der Waals surface area contributed by atoms with Crippen LogP contribution in [0.1, 0.15) is 30.6 Å². The summed E-state index contributed by atoms with van der Waals surface area (Å²) in [7, 11) is 1.31. The largest absolute Gasteiger partial charge is 0.490 e. The fourth-order valence-corrected chi connectivity index (χ4v) is 1.93. The Bertz CT molecular complexity index is 508. The molecule has 1 atom stereocenters. The van der Waals surface area contributed by atoms with Crippen molar-refractivity contribution < 1.29 is 19.1 Å². The Hall–Kier alpha value is -2.30. The van der Waals surface area contributed by atoms with Crippen molar-refractivity contribution in [1.29, 1.82) is 0 Å². The first-order valence-electron chi connectivity index (χ1n) is 7.20. The van der Waals surface area contributed by atoms with E-state index in [4.69, 9.17) is 9.47 Å². The maximum Gasteiger partial charge on any atom is 0.328 e. The fourth-order valence-electron chi connectivity index (χ4n) is 1.93. The van der Waals surface area contributed by atoms with Gasteiger partial charge in [0.15, 0.2) is 0 Å². The third-order valence-corrected chi connectivity index (χ3v) is 2.98. The molecule has 1 aromatic carbocycles. The highest BCUT2D eigenvalue weighted by atomic mass is 16.5. The lowest BCUT2D eigenvalue weighted by atomic mass is 10.0. The van der Waals surface area contributed by atoms with Gasteiger partial charge in [0, 0.05) is 5.56 Å². The molecular weight excluding hydrogens is 282 g/mol. The van der Waals surface area contributed by atoms with E-state index in [2.05, 4.69) is 11.9 Å². The van der Waals surface area contributed by atoms with Gasteiger partial charge in [-0.2, -0.15) is 0 Å². The third-order valence-electron chi connectivity index (χ3n) is 2.98. The van der Waals surface area contributed by atoms with E-state index in [-0.39, 0.29) is 11.8 Å². The molecule has 0 fully saturated rings. The molecule has 5 nitrogen and oxygen atoms in total. The molecule has 1 rings (SSSR count). The molecule has 0 radical (unpaired) electrons. The zero-order chi connectivity index (χ0) is 16.5. The molecule has 1 aromatic rings. The van der Waals surface area contributed by atoms with Crippen molar-refractivity contribution in [1.82, 2.24) is 5.32 Å². The van der Waals surface area contributed by atoms with E-state index in [9.17, 15) is 9.59 Å². The highest BCUT2D eigenvalue weighted by Gasteiger charge is 2.23. The highest BCUT2D eigenvalue weighted by molar-refractivity contribution is 5.96. The normalized spacial score (nSPS) is 11.6. The topological polar surface area (TPSA) is 64.6 Å². The lowest BCUT2D eigenvalue weighted by molar-refractivity contribution is -0.143. The predicted molar refractivity (Wildman–Crippen MR) is 84.9 cm³/mol. The molecule has 22 heavy (non-hydrogen) atoms. The van der Waals surface area contributed by atoms with Crippen LogP contribution in [0.15, 0.2) is 36.9 Å². The van der Waals surface area contributed by atoms with Crippen molar-refractivity contribution in [3.05, 3.63) is 42.5 Å². The molecule has 0 aromatic heterocycles. The third kappa shape index (κ3) is 5.60. The molecule has 1 amide bonds. The van der Waals surface area contributed by atoms with E-state index in [1.54, 1.807) is 30.3 Å². The molecule has 0 aliphatic rings. The Labute approximate surface area is 131 Å². The van der Waals surface area contributed by atoms with E-state index >= 15 is 0 Å². The summed E-state index contributed by atoms with van der Waals surface area (Å²) >= 11 is 0. The second-order valence-electron chi connectivity index (χ2n) is 5.30. The van der Waals surface area contributed by atoms with Crippen molar-refractivity contribution >= 4 is 11.9 Å². The van der Waals surface area contributed by atoms with Crippen molar-refractivity contribution in [3.63, 3.8) is 0 Å². The fraction of sp³-hybridized carbons (Fsp3) is 0.412. The SMILES string of the molecule is C=CCOc1ccc(C(=O)NC(CC(C)C)C(=O)OC)cc1. The van der Waals surface area contributed by atoms with Crippen molar-refractivity contribution in [3.8, 4) is 5.75 Å². The monoisotopic (exact) mass is 305 g/mol. The zero-order valence-electron chi connectivity index (χ0n) is 13.3. The first-order chi connectivity index (χ1) is 10.5. The van der Waals surface area contributed by atoms with Gasteiger partial charge >= 0.3 is 5.97 Å². The Kier molecular flexibility index (Phi) is 7.16. The second-order valence-corrected chi connectivity index (χ2v) is 5.30. The van der Waals surface area contributed by atoms with Crippen molar-refractivity contribution in [2.45, 2.75) is 26.3 Å². The molecular formula is C17H23NO4. The van der Waals surface area contributed by atoms with Crippen LogP contribution in [0.3, 0.4) is 0 Å². The van der Waals surface area contributed by atoms with E-state index in [1.807, 2.05) is 13.8 Å². The van der Waals surface area contributed by atoms with E-state index in [0.717, 1.165) is 0 Å². The van der Waals surface area contributed by atoms with Crippen LogP contribution in [0, 0.1) is 5.92 Å². The average Bonchev–Trinajstić information content (AvgIpc) is 2.51. The van der Waals surface area contributed by atoms with Gasteiger partial charge in [0.05, 0.1) is 7.11 Å². The smallest absolute Gasteiger partial charge is 0.328 e. The molecule has 0 spiro atoms. The number of benzene rings is 1. The number of carbonyl (C=O) groups is 2. The number of esters is 1. The molecule has 120 valence electrons. The number of methoxy groups -OCH3 is 1. The van der Waals surface area contributed by atoms with Gasteiger partial charge in [-0.05, 0) is 36.6 Å². The van der Waals surface area contributed by atoms with Crippen LogP contribution in [-0.2, 0) is 9.53 Å². The maximum absolute atomic E-state index is 12.2. The molecule has 0 saturated carbocycles. The second kappa shape index (κ2) is 8.87. The molecule has 1 N–H and O–H groups in total. The van der Waals surface area contributed by atoms with Crippen LogP contribution >= 0.6 is 0 Å². The van der Waals surface area contributed by atoms with Crippen molar-refractivity contribution in [2.75, 3.05) is 13.7 Å². The maximum atomic E-state index is 12.2. The van der Waals surface area contributed by atoms with Gasteiger partial charge in [-0.1, -0.05) is 26.5 Å². The van der Waals surface area contributed by atoms with E-state index < -0.39 is 12.0 Å². The first-order valence-corrected chi connectivity index (χ1v) is 7.20. The van der Waals surface area contributed by atoms with Crippen LogP contribution in [0.2, 0.25) is 0 Å². The molecule has 0 saturated heterocycles. The van der Waals surface area contributed by atoms with Crippen LogP contribution in [0.4, 0.5) is 0 Å². The number of hydrogen-bond donors (Lipinski definition) is 1. The van der Waals surface area contributed by atoms with Gasteiger partial charge in [0.25, 0.3) is 5.91 Å². The summed E-state index contributed by atoms with van der Waals surface area (Å²) in [5.74, 6) is 0.168. The summed E-state index contributed by atoms with van der Waals surface area (Å²) in [5.41, 5.74) is 0.462. The lowest BCUT2D eigenvalue weighted by Crippen LogP contribution is -2.42. The Morgan fingerprint density at radius 3 is 2.41 bits per heavy atom. The molecule has 0 aliphatic carbocycles. The van der Waals surface area contributed by atoms with Crippen LogP contribution in [0.5, 0.6) is 5.75 Å². The minimum absolute atomic E-state index is 0.263. The van der Waals surface area contributed by atoms with Gasteiger partial charge in [0.1, 0.15) is 18.4 Å². The summed E-state index contributed by atoms with van der Waals surface area (Å²) in [6.45, 7) is 7.94. The molecule has 5 heteroatoms. The Morgan fingerprint density at radius 1 is 1.27 bits per heavy atom. The van der Waals surface area contributed by atoms with Gasteiger partial charge < -0.3 is 14.8 Å². The number of ether oxygens (including phenoxy) is 2. The van der Waals surface area contributed by atoms with Gasteiger partial charge in [-0.15, -0.1) is 0 Å². The summed E-state index contributed by atoms with van der Waals surface area (Å²) in [6, 6.07) is 6.06. The summed E-state index contributed by atoms with van der Waals surface area (Å²) in [6.07, 6.45) is 2.17. The number of rotatable bonds is 8. The molecule has 1 unspecified atom stereocenters. The number of carbonyl (C=O) groups excluding carboxylic acids is 2. The molecule has 0 aliphatic heterocycles. The molecule has 0 heterocycles. The Morgan fingerprint density at radius 2 is 1.91 bits per heavy atom. The van der Waals surface area contributed by atoms with Gasteiger partial charge in [0.2, 0.25) is 0 Å². The van der Waals surface area contributed by atoms with Gasteiger partial charge in [-0.25, -0.2) is 4.79 Å². The van der Waals surface area contributed by atoms with Crippen LogP contribution in [-0.4, -0.2) is 31.6 Å². The van der Waals surface area contributed by atoms with Crippen LogP contribution < -0.4 is 10.1 Å². The van der Waals surface area contributed by atoms with Gasteiger partial charge in [-0.3, -0.25) is 4.79 Å².